The molecule has 2 saturated heterocycles. The number of nitrogens with zero attached hydrogens (tertiary/aromatic N) is 1. The molecule has 134 valence electrons. The number of hydrogen-bond acceptors (Lipinski definition) is 5. The van der Waals surface area contributed by atoms with Crippen molar-refractivity contribution in [2.75, 3.05) is 45.6 Å². The molecule has 7 heteroatoms. The fourth-order valence-corrected chi connectivity index (χ4v) is 5.15. The van der Waals surface area contributed by atoms with Crippen LogP contribution in [0.4, 0.5) is 0 Å². The average molecular weight is 346 g/mol. The second-order valence-corrected chi connectivity index (χ2v) is 9.53. The Hall–Kier alpha value is -0.210. The number of rotatable bonds is 4. The summed E-state index contributed by atoms with van der Waals surface area (Å²) in [6, 6.07) is 0.563. The standard InChI is InChI=1S/C16H31N3O3S/c1-23(20,21)19-10-11-22-15(13-19)12-18-14-2-4-16(5-3-14)6-8-17-9-7-16/h14-15,17-18H,2-13H2,1H3. The molecule has 1 unspecified atom stereocenters. The molecule has 1 saturated carbocycles. The van der Waals surface area contributed by atoms with Gasteiger partial charge in [-0.25, -0.2) is 8.42 Å². The first-order valence-electron chi connectivity index (χ1n) is 8.98. The van der Waals surface area contributed by atoms with Crippen molar-refractivity contribution in [1.29, 1.82) is 0 Å². The lowest BCUT2D eigenvalue weighted by Crippen LogP contribution is -2.50. The Labute approximate surface area is 140 Å². The minimum atomic E-state index is -3.10. The summed E-state index contributed by atoms with van der Waals surface area (Å²) in [7, 11) is -3.10. The van der Waals surface area contributed by atoms with Crippen LogP contribution in [-0.2, 0) is 14.8 Å². The quantitative estimate of drug-likeness (QED) is 0.779. The Morgan fingerprint density at radius 2 is 1.91 bits per heavy atom. The molecule has 23 heavy (non-hydrogen) atoms. The minimum absolute atomic E-state index is 0.0201. The highest BCUT2D eigenvalue weighted by Crippen LogP contribution is 2.43. The fourth-order valence-electron chi connectivity index (χ4n) is 4.31. The number of ether oxygens (including phenoxy) is 1. The molecule has 0 aromatic carbocycles. The molecule has 0 amide bonds. The van der Waals surface area contributed by atoms with Gasteiger partial charge in [0, 0.05) is 25.7 Å². The molecular weight excluding hydrogens is 314 g/mol. The second-order valence-electron chi connectivity index (χ2n) is 7.55. The molecule has 1 aliphatic carbocycles. The van der Waals surface area contributed by atoms with Crippen LogP contribution in [0.15, 0.2) is 0 Å². The van der Waals surface area contributed by atoms with Crippen LogP contribution < -0.4 is 10.6 Å². The Morgan fingerprint density at radius 1 is 1.22 bits per heavy atom. The smallest absolute Gasteiger partial charge is 0.211 e. The van der Waals surface area contributed by atoms with E-state index >= 15 is 0 Å². The van der Waals surface area contributed by atoms with E-state index in [0.717, 1.165) is 6.54 Å². The lowest BCUT2D eigenvalue weighted by molar-refractivity contribution is -0.00320. The molecule has 3 rings (SSSR count). The first kappa shape index (κ1) is 17.6. The maximum atomic E-state index is 11.7. The molecule has 3 aliphatic rings. The normalized spacial score (nSPS) is 30.6. The van der Waals surface area contributed by atoms with Crippen molar-refractivity contribution in [3.63, 3.8) is 0 Å². The van der Waals surface area contributed by atoms with Crippen LogP contribution in [0.5, 0.6) is 0 Å². The molecule has 2 heterocycles. The molecule has 3 fully saturated rings. The van der Waals surface area contributed by atoms with Crippen molar-refractivity contribution in [2.45, 2.75) is 50.7 Å². The molecule has 2 N–H and O–H groups in total. The highest BCUT2D eigenvalue weighted by Gasteiger charge is 2.36. The number of sulfonamides is 1. The van der Waals surface area contributed by atoms with E-state index in [2.05, 4.69) is 10.6 Å². The van der Waals surface area contributed by atoms with Gasteiger partial charge in [-0.3, -0.25) is 0 Å². The van der Waals surface area contributed by atoms with Crippen LogP contribution in [-0.4, -0.2) is 70.5 Å². The topological polar surface area (TPSA) is 70.7 Å². The summed E-state index contributed by atoms with van der Waals surface area (Å²) in [5.41, 5.74) is 0.595. The third-order valence-corrected chi connectivity index (χ3v) is 7.18. The molecule has 6 nitrogen and oxygen atoms in total. The largest absolute Gasteiger partial charge is 0.374 e. The predicted octanol–water partition coefficient (Wildman–Crippen LogP) is 0.549. The lowest BCUT2D eigenvalue weighted by atomic mass is 9.67. The van der Waals surface area contributed by atoms with Gasteiger partial charge in [0.05, 0.1) is 19.0 Å². The van der Waals surface area contributed by atoms with Gasteiger partial charge in [0.25, 0.3) is 0 Å². The van der Waals surface area contributed by atoms with Crippen LogP contribution in [0.1, 0.15) is 38.5 Å². The van der Waals surface area contributed by atoms with Gasteiger partial charge in [-0.05, 0) is 57.0 Å². The van der Waals surface area contributed by atoms with Crippen LogP contribution in [0.2, 0.25) is 0 Å². The van der Waals surface area contributed by atoms with Gasteiger partial charge < -0.3 is 15.4 Å². The molecule has 1 atom stereocenters. The molecular formula is C16H31N3O3S. The number of morpholine rings is 1. The summed E-state index contributed by atoms with van der Waals surface area (Å²) in [6.45, 7) is 4.57. The van der Waals surface area contributed by atoms with Crippen LogP contribution in [0, 0.1) is 5.41 Å². The van der Waals surface area contributed by atoms with Gasteiger partial charge >= 0.3 is 0 Å². The zero-order valence-electron chi connectivity index (χ0n) is 14.2. The number of nitrogens with one attached hydrogen (secondary N) is 2. The molecule has 0 aromatic rings. The van der Waals surface area contributed by atoms with E-state index in [9.17, 15) is 8.42 Å². The van der Waals surface area contributed by atoms with Crippen molar-refractivity contribution in [3.8, 4) is 0 Å². The summed E-state index contributed by atoms with van der Waals surface area (Å²) in [5.74, 6) is 0. The fraction of sp³-hybridized carbons (Fsp3) is 1.00. The van der Waals surface area contributed by atoms with Crippen molar-refractivity contribution in [2.24, 2.45) is 5.41 Å². The van der Waals surface area contributed by atoms with Gasteiger partial charge in [0.1, 0.15) is 0 Å². The van der Waals surface area contributed by atoms with Gasteiger partial charge in [-0.15, -0.1) is 0 Å². The maximum Gasteiger partial charge on any atom is 0.211 e. The molecule has 0 bridgehead atoms. The van der Waals surface area contributed by atoms with E-state index in [1.807, 2.05) is 0 Å². The molecule has 0 radical (unpaired) electrons. The molecule has 2 aliphatic heterocycles. The Bertz CT molecular complexity index is 481. The first-order valence-corrected chi connectivity index (χ1v) is 10.8. The van der Waals surface area contributed by atoms with Crippen LogP contribution >= 0.6 is 0 Å². The van der Waals surface area contributed by atoms with E-state index < -0.39 is 10.0 Å². The van der Waals surface area contributed by atoms with Crippen LogP contribution in [0.3, 0.4) is 0 Å². The predicted molar refractivity (Wildman–Crippen MR) is 91.0 cm³/mol. The van der Waals surface area contributed by atoms with Gasteiger partial charge in [-0.1, -0.05) is 0 Å². The molecule has 0 aromatic heterocycles. The van der Waals surface area contributed by atoms with Crippen LogP contribution in [0.25, 0.3) is 0 Å². The Balaban J connectivity index is 1.41. The highest BCUT2D eigenvalue weighted by atomic mass is 32.2. The van der Waals surface area contributed by atoms with Crippen molar-refractivity contribution >= 4 is 10.0 Å². The zero-order valence-corrected chi connectivity index (χ0v) is 15.0. The monoisotopic (exact) mass is 345 g/mol. The van der Waals surface area contributed by atoms with E-state index in [1.54, 1.807) is 0 Å². The summed E-state index contributed by atoms with van der Waals surface area (Å²) < 4.78 is 30.6. The number of piperidine rings is 1. The van der Waals surface area contributed by atoms with E-state index in [4.69, 9.17) is 4.74 Å². The van der Waals surface area contributed by atoms with Gasteiger partial charge in [0.15, 0.2) is 0 Å². The van der Waals surface area contributed by atoms with Crippen molar-refractivity contribution in [3.05, 3.63) is 0 Å². The van der Waals surface area contributed by atoms with Gasteiger partial charge in [-0.2, -0.15) is 4.31 Å². The van der Waals surface area contributed by atoms with E-state index in [0.29, 0.717) is 31.2 Å². The summed E-state index contributed by atoms with van der Waals surface area (Å²) >= 11 is 0. The summed E-state index contributed by atoms with van der Waals surface area (Å²) in [4.78, 5) is 0. The number of hydrogen-bond donors (Lipinski definition) is 2. The Morgan fingerprint density at radius 3 is 2.57 bits per heavy atom. The Kier molecular flexibility index (Phi) is 5.63. The van der Waals surface area contributed by atoms with Crippen molar-refractivity contribution in [1.82, 2.24) is 14.9 Å². The minimum Gasteiger partial charge on any atom is -0.374 e. The van der Waals surface area contributed by atoms with E-state index in [1.165, 1.54) is 62.2 Å². The molecule has 1 spiro atoms. The lowest BCUT2D eigenvalue weighted by Gasteiger charge is -2.43. The average Bonchev–Trinajstić information content (AvgIpc) is 2.55. The maximum absolute atomic E-state index is 11.7. The summed E-state index contributed by atoms with van der Waals surface area (Å²) in [6.07, 6.45) is 9.05. The highest BCUT2D eigenvalue weighted by molar-refractivity contribution is 7.88. The van der Waals surface area contributed by atoms with Gasteiger partial charge in [0.2, 0.25) is 10.0 Å². The van der Waals surface area contributed by atoms with E-state index in [-0.39, 0.29) is 6.10 Å². The van der Waals surface area contributed by atoms with Crippen molar-refractivity contribution < 1.29 is 13.2 Å². The third kappa shape index (κ3) is 4.66. The zero-order chi connectivity index (χ0) is 16.3. The summed E-state index contributed by atoms with van der Waals surface area (Å²) in [5, 5.41) is 7.09. The SMILES string of the molecule is CS(=O)(=O)N1CCOC(CNC2CCC3(CCNCC3)CC2)C1. The third-order valence-electron chi connectivity index (χ3n) is 5.92. The second kappa shape index (κ2) is 7.35. The first-order chi connectivity index (χ1) is 11.0.